The van der Waals surface area contributed by atoms with E-state index in [4.69, 9.17) is 16.3 Å². The Morgan fingerprint density at radius 1 is 1.25 bits per heavy atom. The molecule has 2 aromatic rings. The van der Waals surface area contributed by atoms with Crippen LogP contribution in [0, 0.1) is 5.82 Å². The molecule has 0 saturated heterocycles. The van der Waals surface area contributed by atoms with Gasteiger partial charge in [0, 0.05) is 28.5 Å². The van der Waals surface area contributed by atoms with Crippen molar-refractivity contribution < 1.29 is 36.2 Å². The molecule has 0 saturated carbocycles. The van der Waals surface area contributed by atoms with E-state index in [-0.39, 0.29) is 22.1 Å². The number of hydrogen-bond donors (Lipinski definition) is 1. The van der Waals surface area contributed by atoms with Crippen LogP contribution in [0.4, 0.5) is 26.3 Å². The lowest BCUT2D eigenvalue weighted by Gasteiger charge is -2.20. The number of aliphatic hydroxyl groups excluding tert-OH is 1. The van der Waals surface area contributed by atoms with Gasteiger partial charge in [0.15, 0.2) is 0 Å². The van der Waals surface area contributed by atoms with E-state index in [1.54, 1.807) is 0 Å². The second-order valence-electron chi connectivity index (χ2n) is 5.99. The molecule has 2 aromatic carbocycles. The maximum atomic E-state index is 14.1. The summed E-state index contributed by atoms with van der Waals surface area (Å²) in [5.74, 6) is -4.50. The van der Waals surface area contributed by atoms with Crippen molar-refractivity contribution in [3.63, 3.8) is 0 Å². The minimum absolute atomic E-state index is 0.0166. The van der Waals surface area contributed by atoms with Crippen molar-refractivity contribution >= 4 is 27.5 Å². The molecule has 2 nitrogen and oxygen atoms in total. The van der Waals surface area contributed by atoms with Crippen molar-refractivity contribution in [2.75, 3.05) is 0 Å². The van der Waals surface area contributed by atoms with Gasteiger partial charge in [-0.05, 0) is 31.2 Å². The monoisotopic (exact) mass is 442 g/mol. The first-order chi connectivity index (χ1) is 13.0. The van der Waals surface area contributed by atoms with Crippen LogP contribution in [0.2, 0.25) is 5.02 Å². The van der Waals surface area contributed by atoms with Gasteiger partial charge in [-0.1, -0.05) is 27.5 Å². The fourth-order valence-electron chi connectivity index (χ4n) is 2.99. The summed E-state index contributed by atoms with van der Waals surface area (Å²) in [6.45, 7) is 1.17. The molecule has 0 heterocycles. The lowest BCUT2D eigenvalue weighted by atomic mass is 10.1. The van der Waals surface area contributed by atoms with Gasteiger partial charge in [-0.15, -0.1) is 0 Å². The molecule has 0 spiro atoms. The molecule has 0 aromatic heterocycles. The summed E-state index contributed by atoms with van der Waals surface area (Å²) in [6.07, 6.45) is -3.38. The molecule has 0 radical (unpaired) electrons. The molecule has 152 valence electrons. The Morgan fingerprint density at radius 2 is 1.93 bits per heavy atom. The molecular weight excluding hydrogens is 430 g/mol. The average Bonchev–Trinajstić information content (AvgIpc) is 2.83. The Hall–Kier alpha value is -1.71. The van der Waals surface area contributed by atoms with Crippen molar-refractivity contribution in [2.45, 2.75) is 35.8 Å². The number of ether oxygens (including phenoxy) is 1. The second-order valence-corrected chi connectivity index (χ2v) is 8.45. The van der Waals surface area contributed by atoms with E-state index in [1.807, 2.05) is 0 Å². The summed E-state index contributed by atoms with van der Waals surface area (Å²) in [4.78, 5) is -0.431. The molecule has 0 fully saturated rings. The predicted octanol–water partition coefficient (Wildman–Crippen LogP) is 6.47. The molecule has 10 heteroatoms. The van der Waals surface area contributed by atoms with E-state index >= 15 is 0 Å². The maximum Gasteiger partial charge on any atom is 0.440 e. The summed E-state index contributed by atoms with van der Waals surface area (Å²) in [5.41, 5.74) is -5.40. The van der Waals surface area contributed by atoms with Crippen molar-refractivity contribution in [3.05, 3.63) is 52.3 Å². The van der Waals surface area contributed by atoms with Crippen LogP contribution in [0.15, 0.2) is 35.2 Å². The van der Waals surface area contributed by atoms with Gasteiger partial charge in [0.25, 0.3) is 5.92 Å². The first kappa shape index (κ1) is 21.0. The zero-order valence-electron chi connectivity index (χ0n) is 14.2. The molecule has 28 heavy (non-hydrogen) atoms. The van der Waals surface area contributed by atoms with E-state index in [9.17, 15) is 31.4 Å². The normalized spacial score (nSPS) is 19.5. The number of alkyl halides is 5. The van der Waals surface area contributed by atoms with Crippen molar-refractivity contribution in [2.24, 2.45) is 0 Å². The van der Waals surface area contributed by atoms with Crippen molar-refractivity contribution in [1.82, 2.24) is 0 Å². The minimum Gasteiger partial charge on any atom is -0.457 e. The predicted molar refractivity (Wildman–Crippen MR) is 95.2 cm³/mol. The van der Waals surface area contributed by atoms with E-state index in [0.29, 0.717) is 0 Å². The minimum atomic E-state index is -4.69. The van der Waals surface area contributed by atoms with Crippen LogP contribution >= 0.6 is 22.1 Å². The van der Waals surface area contributed by atoms with Crippen LogP contribution in [0.1, 0.15) is 24.2 Å². The Kier molecular flexibility index (Phi) is 5.46. The van der Waals surface area contributed by atoms with E-state index in [2.05, 4.69) is 0 Å². The fourth-order valence-corrected chi connectivity index (χ4v) is 4.62. The lowest BCUT2D eigenvalue weighted by Crippen LogP contribution is -2.22. The molecule has 1 N–H and O–H groups in total. The molecule has 0 amide bonds. The summed E-state index contributed by atoms with van der Waals surface area (Å²) < 4.78 is 87.1. The molecule has 1 aliphatic carbocycles. The molecule has 0 aliphatic heterocycles. The van der Waals surface area contributed by atoms with Gasteiger partial charge in [0.2, 0.25) is 0 Å². The smallest absolute Gasteiger partial charge is 0.440 e. The third-order valence-electron chi connectivity index (χ3n) is 4.20. The van der Waals surface area contributed by atoms with Crippen LogP contribution in [-0.4, -0.2) is 21.9 Å². The van der Waals surface area contributed by atoms with Gasteiger partial charge in [0.05, 0.1) is 5.02 Å². The summed E-state index contributed by atoms with van der Waals surface area (Å²) in [7, 11) is -2.45. The average molecular weight is 443 g/mol. The summed E-state index contributed by atoms with van der Waals surface area (Å²) in [5, 5.41) is 10.6. The van der Waals surface area contributed by atoms with Crippen LogP contribution in [0.5, 0.6) is 11.5 Å². The van der Waals surface area contributed by atoms with Crippen LogP contribution in [0.3, 0.4) is 0 Å². The molecule has 2 atom stereocenters. The van der Waals surface area contributed by atoms with Crippen molar-refractivity contribution in [1.29, 1.82) is 0 Å². The zero-order valence-corrected chi connectivity index (χ0v) is 15.7. The van der Waals surface area contributed by atoms with E-state index < -0.39 is 50.7 Å². The van der Waals surface area contributed by atoms with Gasteiger partial charge in [0.1, 0.15) is 23.4 Å². The van der Waals surface area contributed by atoms with Gasteiger partial charge < -0.3 is 9.84 Å². The standard InChI is InChI=1S/C18H13ClF6O2S/c1-2-28(18(23,24)25)14-6-5-13(10-8-17(21,22)16(26)15(10)14)27-9-3-4-12(20)11(19)7-9/h2-7,16,26H,8H2,1H3/t16-,28?/m0/s1. The molecule has 3 rings (SSSR count). The Morgan fingerprint density at radius 3 is 2.50 bits per heavy atom. The van der Waals surface area contributed by atoms with Crippen molar-refractivity contribution in [3.8, 4) is 11.5 Å². The topological polar surface area (TPSA) is 29.5 Å². The van der Waals surface area contributed by atoms with Crippen LogP contribution in [-0.2, 0) is 6.42 Å². The molecule has 1 unspecified atom stereocenters. The van der Waals surface area contributed by atoms with Gasteiger partial charge in [-0.2, -0.15) is 13.2 Å². The second kappa shape index (κ2) is 7.27. The number of halogens is 7. The maximum absolute atomic E-state index is 14.1. The largest absolute Gasteiger partial charge is 0.457 e. The quantitative estimate of drug-likeness (QED) is 0.436. The number of fused-ring (bicyclic) bond motifs is 1. The fraction of sp³-hybridized carbons (Fsp3) is 0.278. The van der Waals surface area contributed by atoms with Gasteiger partial charge in [-0.25, -0.2) is 13.2 Å². The lowest BCUT2D eigenvalue weighted by molar-refractivity contribution is -0.0977. The summed E-state index contributed by atoms with van der Waals surface area (Å²) >= 11 is 5.66. The number of benzene rings is 2. The molecular formula is C18H13ClF6O2S. The SMILES string of the molecule is C/C=S(\c1ccc(Oc2ccc(F)c(Cl)c2)c2c1[C@H](O)C(F)(F)C2)C(F)(F)F. The highest BCUT2D eigenvalue weighted by Crippen LogP contribution is 2.55. The van der Waals surface area contributed by atoms with Crippen LogP contribution in [0.25, 0.3) is 0 Å². The number of aliphatic hydroxyl groups is 1. The van der Waals surface area contributed by atoms with E-state index in [0.717, 1.165) is 29.6 Å². The van der Waals surface area contributed by atoms with Gasteiger partial charge in [-0.3, -0.25) is 0 Å². The highest BCUT2D eigenvalue weighted by atomic mass is 35.5. The highest BCUT2D eigenvalue weighted by molar-refractivity contribution is 8.15. The van der Waals surface area contributed by atoms with Crippen LogP contribution < -0.4 is 4.74 Å². The van der Waals surface area contributed by atoms with Gasteiger partial charge >= 0.3 is 5.51 Å². The zero-order chi connectivity index (χ0) is 20.9. The molecule has 0 bridgehead atoms. The Balaban J connectivity index is 2.14. The number of rotatable bonds is 3. The molecule has 1 aliphatic rings. The summed E-state index contributed by atoms with van der Waals surface area (Å²) in [6, 6.07) is 5.46. The first-order valence-electron chi connectivity index (χ1n) is 7.89. The third kappa shape index (κ3) is 3.75. The highest BCUT2D eigenvalue weighted by Gasteiger charge is 2.50. The number of hydrogen-bond acceptors (Lipinski definition) is 2. The Labute approximate surface area is 163 Å². The van der Waals surface area contributed by atoms with E-state index in [1.165, 1.54) is 13.0 Å². The Bertz CT molecular complexity index is 958. The first-order valence-corrected chi connectivity index (χ1v) is 9.56. The third-order valence-corrected chi connectivity index (χ3v) is 6.29.